The zero-order valence-electron chi connectivity index (χ0n) is 16.4. The lowest BCUT2D eigenvalue weighted by atomic mass is 10.1. The Hall–Kier alpha value is -3.86. The van der Waals surface area contributed by atoms with Gasteiger partial charge in [0.15, 0.2) is 5.60 Å². The molecule has 2 rings (SSSR count). The summed E-state index contributed by atoms with van der Waals surface area (Å²) >= 11 is 0. The van der Waals surface area contributed by atoms with Crippen molar-refractivity contribution in [2.75, 3.05) is 11.9 Å². The lowest BCUT2D eigenvalue weighted by molar-refractivity contribution is -0.388. The first-order chi connectivity index (χ1) is 15.1. The van der Waals surface area contributed by atoms with Gasteiger partial charge in [-0.2, -0.15) is 31.6 Å². The van der Waals surface area contributed by atoms with Crippen LogP contribution in [0.15, 0.2) is 36.4 Å². The number of benzene rings is 2. The molecule has 1 atom stereocenters. The third-order valence-corrected chi connectivity index (χ3v) is 4.17. The van der Waals surface area contributed by atoms with Crippen molar-refractivity contribution in [3.8, 4) is 11.8 Å². The first kappa shape index (κ1) is 25.4. The third-order valence-electron chi connectivity index (χ3n) is 4.17. The van der Waals surface area contributed by atoms with Crippen LogP contribution in [0, 0.1) is 21.4 Å². The molecule has 0 fully saturated rings. The van der Waals surface area contributed by atoms with Gasteiger partial charge in [0.2, 0.25) is 0 Å². The molecule has 0 radical (unpaired) electrons. The van der Waals surface area contributed by atoms with Crippen LogP contribution >= 0.6 is 0 Å². The molecule has 1 amide bonds. The third kappa shape index (κ3) is 6.10. The van der Waals surface area contributed by atoms with Gasteiger partial charge in [-0.25, -0.2) is 0 Å². The van der Waals surface area contributed by atoms with Crippen LogP contribution in [-0.4, -0.2) is 28.1 Å². The van der Waals surface area contributed by atoms with Gasteiger partial charge in [-0.1, -0.05) is 0 Å². The number of carbonyl (C=O) groups excluding carboxylic acids is 1. The second-order valence-corrected chi connectivity index (χ2v) is 6.82. The number of halogens is 6. The molecule has 0 saturated heterocycles. The number of nitrogens with zero attached hydrogens (tertiary/aromatic N) is 2. The molecular formula is C19H13F6N3O5. The summed E-state index contributed by atoms with van der Waals surface area (Å²) in [6.07, 6.45) is -10.1. The smallest absolute Gasteiger partial charge is 0.423 e. The fourth-order valence-corrected chi connectivity index (χ4v) is 2.50. The molecule has 33 heavy (non-hydrogen) atoms. The number of nitro benzene ring substituents is 1. The summed E-state index contributed by atoms with van der Waals surface area (Å²) in [7, 11) is 0. The largest absolute Gasteiger partial charge is 0.489 e. The van der Waals surface area contributed by atoms with E-state index < -0.39 is 63.6 Å². The van der Waals surface area contributed by atoms with Gasteiger partial charge >= 0.3 is 12.4 Å². The molecule has 0 saturated carbocycles. The van der Waals surface area contributed by atoms with E-state index in [1.54, 1.807) is 0 Å². The normalized spacial score (nSPS) is 13.5. The predicted molar refractivity (Wildman–Crippen MR) is 99.0 cm³/mol. The van der Waals surface area contributed by atoms with Crippen molar-refractivity contribution in [2.24, 2.45) is 0 Å². The molecule has 176 valence electrons. The number of hydrogen-bond acceptors (Lipinski definition) is 6. The van der Waals surface area contributed by atoms with Crippen molar-refractivity contribution in [1.82, 2.24) is 0 Å². The number of nitriles is 1. The highest BCUT2D eigenvalue weighted by atomic mass is 19.4. The highest BCUT2D eigenvalue weighted by molar-refractivity contribution is 5.97. The van der Waals surface area contributed by atoms with Gasteiger partial charge in [0.05, 0.1) is 22.1 Å². The number of amides is 1. The lowest BCUT2D eigenvalue weighted by Crippen LogP contribution is -2.45. The minimum absolute atomic E-state index is 0.273. The number of rotatable bonds is 6. The molecule has 8 nitrogen and oxygen atoms in total. The van der Waals surface area contributed by atoms with Crippen LogP contribution < -0.4 is 10.1 Å². The number of hydrogen-bond donors (Lipinski definition) is 2. The summed E-state index contributed by atoms with van der Waals surface area (Å²) in [6, 6.07) is 5.39. The first-order valence-corrected chi connectivity index (χ1v) is 8.70. The predicted octanol–water partition coefficient (Wildman–Crippen LogP) is 4.27. The van der Waals surface area contributed by atoms with Crippen molar-refractivity contribution in [3.63, 3.8) is 0 Å². The van der Waals surface area contributed by atoms with Crippen LogP contribution in [0.5, 0.6) is 5.75 Å². The average molecular weight is 477 g/mol. The Labute approximate surface area is 181 Å². The quantitative estimate of drug-likeness (QED) is 0.364. The molecule has 2 aromatic carbocycles. The number of nitrogens with one attached hydrogen (secondary N) is 1. The fraction of sp³-hybridized carbons (Fsp3) is 0.263. The highest BCUT2D eigenvalue weighted by Crippen LogP contribution is 2.38. The molecule has 0 bridgehead atoms. The van der Waals surface area contributed by atoms with E-state index in [4.69, 9.17) is 10.00 Å². The van der Waals surface area contributed by atoms with Gasteiger partial charge in [-0.05, 0) is 37.3 Å². The van der Waals surface area contributed by atoms with Crippen LogP contribution in [-0.2, 0) is 17.1 Å². The van der Waals surface area contributed by atoms with E-state index in [1.807, 2.05) is 5.32 Å². The standard InChI is InChI=1S/C19H13F6N3O5/c1-17(30,9-33-15-5-2-10(8-26)6-13(15)19(23,24)25)16(29)27-11-3-4-14(28(31)32)12(7-11)18(20,21)22/h2-7,30H,9H2,1H3,(H,27,29). The summed E-state index contributed by atoms with van der Waals surface area (Å²) in [5.41, 5.74) is -7.69. The Morgan fingerprint density at radius 1 is 1.12 bits per heavy atom. The van der Waals surface area contributed by atoms with Gasteiger partial charge in [0.25, 0.3) is 11.6 Å². The highest BCUT2D eigenvalue weighted by Gasteiger charge is 2.40. The van der Waals surface area contributed by atoms with E-state index in [9.17, 15) is 46.4 Å². The molecule has 0 spiro atoms. The SMILES string of the molecule is CC(O)(COc1ccc(C#N)cc1C(F)(F)F)C(=O)Nc1ccc([N+](=O)[O-])c(C(F)(F)F)c1. The molecule has 1 unspecified atom stereocenters. The molecule has 0 aromatic heterocycles. The Morgan fingerprint density at radius 2 is 1.73 bits per heavy atom. The Kier molecular flexibility index (Phi) is 6.88. The molecule has 2 N–H and O–H groups in total. The van der Waals surface area contributed by atoms with Crippen molar-refractivity contribution in [1.29, 1.82) is 5.26 Å². The molecule has 14 heteroatoms. The summed E-state index contributed by atoms with van der Waals surface area (Å²) in [5.74, 6) is -2.16. The molecule has 0 aliphatic carbocycles. The maximum Gasteiger partial charge on any atom is 0.423 e. The topological polar surface area (TPSA) is 125 Å². The lowest BCUT2D eigenvalue weighted by Gasteiger charge is -2.24. The monoisotopic (exact) mass is 477 g/mol. The van der Waals surface area contributed by atoms with Crippen molar-refractivity contribution < 1.29 is 45.9 Å². The van der Waals surface area contributed by atoms with Crippen LogP contribution in [0.25, 0.3) is 0 Å². The van der Waals surface area contributed by atoms with E-state index in [2.05, 4.69) is 0 Å². The van der Waals surface area contributed by atoms with E-state index >= 15 is 0 Å². The van der Waals surface area contributed by atoms with Crippen molar-refractivity contribution in [2.45, 2.75) is 24.9 Å². The maximum atomic E-state index is 13.2. The van der Waals surface area contributed by atoms with Crippen LogP contribution in [0.3, 0.4) is 0 Å². The Morgan fingerprint density at radius 3 is 2.24 bits per heavy atom. The fourth-order valence-electron chi connectivity index (χ4n) is 2.50. The van der Waals surface area contributed by atoms with Crippen LogP contribution in [0.4, 0.5) is 37.7 Å². The van der Waals surface area contributed by atoms with E-state index in [0.29, 0.717) is 12.1 Å². The minimum Gasteiger partial charge on any atom is -0.489 e. The van der Waals surface area contributed by atoms with Gasteiger partial charge in [-0.15, -0.1) is 0 Å². The molecule has 2 aromatic rings. The Balaban J connectivity index is 2.23. The van der Waals surface area contributed by atoms with Gasteiger partial charge < -0.3 is 15.2 Å². The summed E-state index contributed by atoms with van der Waals surface area (Å²) in [4.78, 5) is 21.8. The summed E-state index contributed by atoms with van der Waals surface area (Å²) in [6.45, 7) is -0.220. The van der Waals surface area contributed by atoms with E-state index in [-0.39, 0.29) is 11.6 Å². The first-order valence-electron chi connectivity index (χ1n) is 8.70. The number of alkyl halides is 6. The average Bonchev–Trinajstić information content (AvgIpc) is 2.70. The zero-order chi connectivity index (χ0) is 25.2. The van der Waals surface area contributed by atoms with Gasteiger partial charge in [0.1, 0.15) is 17.9 Å². The Bertz CT molecular complexity index is 1120. The second-order valence-electron chi connectivity index (χ2n) is 6.82. The van der Waals surface area contributed by atoms with Gasteiger partial charge in [-0.3, -0.25) is 14.9 Å². The molecule has 0 aliphatic heterocycles. The van der Waals surface area contributed by atoms with Crippen molar-refractivity contribution >= 4 is 17.3 Å². The molecular weight excluding hydrogens is 464 g/mol. The molecule has 0 aliphatic rings. The van der Waals surface area contributed by atoms with Gasteiger partial charge in [0, 0.05) is 11.8 Å². The maximum absolute atomic E-state index is 13.2. The molecule has 0 heterocycles. The minimum atomic E-state index is -5.13. The van der Waals surface area contributed by atoms with Crippen LogP contribution in [0.1, 0.15) is 23.6 Å². The number of aliphatic hydroxyl groups is 1. The number of nitro groups is 1. The van der Waals surface area contributed by atoms with E-state index in [1.165, 1.54) is 6.07 Å². The summed E-state index contributed by atoms with van der Waals surface area (Å²) in [5, 5.41) is 31.7. The van der Waals surface area contributed by atoms with E-state index in [0.717, 1.165) is 25.1 Å². The van der Waals surface area contributed by atoms with Crippen molar-refractivity contribution in [3.05, 3.63) is 63.2 Å². The summed E-state index contributed by atoms with van der Waals surface area (Å²) < 4.78 is 83.6. The second kappa shape index (κ2) is 8.94. The number of ether oxygens (including phenoxy) is 1. The zero-order valence-corrected chi connectivity index (χ0v) is 16.4. The van der Waals surface area contributed by atoms with Crippen LogP contribution in [0.2, 0.25) is 0 Å². The number of carbonyl (C=O) groups is 1. The number of anilines is 1.